The van der Waals surface area contributed by atoms with Crippen molar-refractivity contribution in [1.29, 1.82) is 0 Å². The first-order valence-corrected chi connectivity index (χ1v) is 8.39. The lowest BCUT2D eigenvalue weighted by molar-refractivity contribution is 0.0962. The zero-order valence-corrected chi connectivity index (χ0v) is 14.8. The molecule has 0 fully saturated rings. The van der Waals surface area contributed by atoms with Crippen LogP contribution in [0.4, 0.5) is 23.0 Å². The summed E-state index contributed by atoms with van der Waals surface area (Å²) in [6.07, 6.45) is 3.05. The fourth-order valence-corrected chi connectivity index (χ4v) is 2.86. The average Bonchev–Trinajstić information content (AvgIpc) is 2.72. The number of para-hydroxylation sites is 1. The van der Waals surface area contributed by atoms with E-state index in [0.717, 1.165) is 0 Å². The van der Waals surface area contributed by atoms with Crippen LogP contribution in [0.2, 0.25) is 0 Å². The van der Waals surface area contributed by atoms with E-state index in [1.54, 1.807) is 36.5 Å². The highest BCUT2D eigenvalue weighted by molar-refractivity contribution is 6.06. The number of benzene rings is 1. The summed E-state index contributed by atoms with van der Waals surface area (Å²) in [6, 6.07) is 10.3. The number of ether oxygens (including phenoxy) is 1. The lowest BCUT2D eigenvalue weighted by Gasteiger charge is -2.26. The van der Waals surface area contributed by atoms with Crippen LogP contribution in [-0.2, 0) is 0 Å². The van der Waals surface area contributed by atoms with Gasteiger partial charge in [0.1, 0.15) is 11.5 Å². The molecule has 3 heterocycles. The van der Waals surface area contributed by atoms with Gasteiger partial charge in [-0.3, -0.25) is 9.59 Å². The van der Waals surface area contributed by atoms with E-state index in [0.29, 0.717) is 34.5 Å². The van der Waals surface area contributed by atoms with Crippen molar-refractivity contribution in [2.24, 2.45) is 5.73 Å². The Kier molecular flexibility index (Phi) is 4.24. The van der Waals surface area contributed by atoms with Gasteiger partial charge in [0, 0.05) is 19.4 Å². The van der Waals surface area contributed by atoms with Gasteiger partial charge in [-0.15, -0.1) is 0 Å². The van der Waals surface area contributed by atoms with Gasteiger partial charge in [-0.25, -0.2) is 9.97 Å². The van der Waals surface area contributed by atoms with Crippen LogP contribution in [0.3, 0.4) is 0 Å². The predicted octanol–water partition coefficient (Wildman–Crippen LogP) is 2.53. The number of aromatic nitrogens is 2. The third-order valence-electron chi connectivity index (χ3n) is 4.17. The molecule has 1 aliphatic rings. The first-order chi connectivity index (χ1) is 13.6. The second-order valence-electron chi connectivity index (χ2n) is 5.91. The van der Waals surface area contributed by atoms with Crippen LogP contribution >= 0.6 is 0 Å². The van der Waals surface area contributed by atoms with E-state index >= 15 is 0 Å². The number of primary amides is 1. The fraction of sp³-hybridized carbons (Fsp3) is 0.0526. The lowest BCUT2D eigenvalue weighted by atomic mass is 10.1. The number of nitrogens with one attached hydrogen (secondary N) is 3. The summed E-state index contributed by atoms with van der Waals surface area (Å²) in [6.45, 7) is 0. The van der Waals surface area contributed by atoms with Crippen molar-refractivity contribution in [3.8, 4) is 11.5 Å². The second-order valence-corrected chi connectivity index (χ2v) is 5.91. The molecule has 0 aliphatic carbocycles. The molecule has 4 rings (SSSR count). The number of pyridine rings is 2. The normalized spacial score (nSPS) is 11.3. The molecule has 2 amide bonds. The summed E-state index contributed by atoms with van der Waals surface area (Å²) >= 11 is 0. The summed E-state index contributed by atoms with van der Waals surface area (Å²) in [5.74, 6) is 0.654. The average molecular weight is 376 g/mol. The van der Waals surface area contributed by atoms with Crippen molar-refractivity contribution >= 4 is 34.8 Å². The van der Waals surface area contributed by atoms with Crippen molar-refractivity contribution in [2.75, 3.05) is 17.7 Å². The van der Waals surface area contributed by atoms with Crippen LogP contribution in [0.5, 0.6) is 11.5 Å². The SMILES string of the molecule is CNC(=O)c1cnc(Nc2ccccn2)c2c1Nc1c(cccc1C(N)=O)O2. The molecule has 3 aromatic rings. The number of anilines is 4. The van der Waals surface area contributed by atoms with E-state index < -0.39 is 5.91 Å². The molecule has 0 radical (unpaired) electrons. The second kappa shape index (κ2) is 6.88. The largest absolute Gasteiger partial charge is 0.449 e. The van der Waals surface area contributed by atoms with Crippen molar-refractivity contribution in [3.05, 3.63) is 59.9 Å². The molecule has 5 N–H and O–H groups in total. The number of nitrogens with two attached hydrogens (primary N) is 1. The number of hydrogen-bond donors (Lipinski definition) is 4. The van der Waals surface area contributed by atoms with Gasteiger partial charge in [0.25, 0.3) is 11.8 Å². The molecule has 1 aliphatic heterocycles. The van der Waals surface area contributed by atoms with Gasteiger partial charge in [0.15, 0.2) is 17.3 Å². The van der Waals surface area contributed by atoms with Gasteiger partial charge in [0.2, 0.25) is 0 Å². The van der Waals surface area contributed by atoms with Gasteiger partial charge in [-0.05, 0) is 24.3 Å². The van der Waals surface area contributed by atoms with Crippen LogP contribution in [0.15, 0.2) is 48.8 Å². The lowest BCUT2D eigenvalue weighted by Crippen LogP contribution is -2.22. The smallest absolute Gasteiger partial charge is 0.254 e. The van der Waals surface area contributed by atoms with Crippen LogP contribution < -0.4 is 26.4 Å². The maximum atomic E-state index is 12.3. The Hall–Kier alpha value is -4.14. The number of amides is 2. The molecule has 0 spiro atoms. The Bertz CT molecular complexity index is 1080. The minimum Gasteiger partial charge on any atom is -0.449 e. The standard InChI is InChI=1S/C19H16N6O3/c1-21-19(27)11-9-23-18(24-13-7-2-3-8-22-13)16-15(11)25-14-10(17(20)26)5-4-6-12(14)28-16/h2-9,25H,1H3,(H2,20,26)(H,21,27)(H,22,23,24). The topological polar surface area (TPSA) is 131 Å². The van der Waals surface area contributed by atoms with Crippen molar-refractivity contribution in [3.63, 3.8) is 0 Å². The highest BCUT2D eigenvalue weighted by Gasteiger charge is 2.28. The van der Waals surface area contributed by atoms with E-state index in [4.69, 9.17) is 10.5 Å². The first-order valence-electron chi connectivity index (χ1n) is 8.39. The van der Waals surface area contributed by atoms with E-state index in [2.05, 4.69) is 25.9 Å². The van der Waals surface area contributed by atoms with E-state index in [9.17, 15) is 9.59 Å². The maximum absolute atomic E-state index is 12.3. The molecule has 9 heteroatoms. The Balaban J connectivity index is 1.85. The number of fused-ring (bicyclic) bond motifs is 2. The first kappa shape index (κ1) is 17.3. The molecule has 0 saturated carbocycles. The maximum Gasteiger partial charge on any atom is 0.254 e. The molecule has 0 unspecified atom stereocenters. The molecule has 140 valence electrons. The van der Waals surface area contributed by atoms with Gasteiger partial charge in [-0.2, -0.15) is 0 Å². The van der Waals surface area contributed by atoms with Gasteiger partial charge >= 0.3 is 0 Å². The summed E-state index contributed by atoms with van der Waals surface area (Å²) in [5, 5.41) is 8.75. The summed E-state index contributed by atoms with van der Waals surface area (Å²) in [4.78, 5) is 32.6. The number of hydrogen-bond acceptors (Lipinski definition) is 7. The highest BCUT2D eigenvalue weighted by atomic mass is 16.5. The van der Waals surface area contributed by atoms with Crippen LogP contribution in [0.1, 0.15) is 20.7 Å². The highest BCUT2D eigenvalue weighted by Crippen LogP contribution is 2.48. The van der Waals surface area contributed by atoms with Crippen LogP contribution in [0, 0.1) is 0 Å². The predicted molar refractivity (Wildman–Crippen MR) is 103 cm³/mol. The number of carbonyl (C=O) groups excluding carboxylic acids is 2. The Morgan fingerprint density at radius 1 is 1.07 bits per heavy atom. The minimum atomic E-state index is -0.612. The monoisotopic (exact) mass is 376 g/mol. The molecule has 1 aromatic carbocycles. The quantitative estimate of drug-likeness (QED) is 0.430. The van der Waals surface area contributed by atoms with Gasteiger partial charge < -0.3 is 26.4 Å². The van der Waals surface area contributed by atoms with Gasteiger partial charge in [0.05, 0.1) is 16.8 Å². The van der Waals surface area contributed by atoms with Crippen molar-refractivity contribution in [1.82, 2.24) is 15.3 Å². The molecule has 0 atom stereocenters. The van der Waals surface area contributed by atoms with Crippen molar-refractivity contribution in [2.45, 2.75) is 0 Å². The molecule has 0 saturated heterocycles. The van der Waals surface area contributed by atoms with Crippen molar-refractivity contribution < 1.29 is 14.3 Å². The molecule has 28 heavy (non-hydrogen) atoms. The molecular weight excluding hydrogens is 360 g/mol. The zero-order chi connectivity index (χ0) is 19.7. The fourth-order valence-electron chi connectivity index (χ4n) is 2.86. The zero-order valence-electron chi connectivity index (χ0n) is 14.8. The molecule has 9 nitrogen and oxygen atoms in total. The Morgan fingerprint density at radius 2 is 1.93 bits per heavy atom. The van der Waals surface area contributed by atoms with E-state index in [-0.39, 0.29) is 17.0 Å². The number of nitrogens with zero attached hydrogens (tertiary/aromatic N) is 2. The molecule has 2 aromatic heterocycles. The van der Waals surface area contributed by atoms with Crippen LogP contribution in [0.25, 0.3) is 0 Å². The molecule has 0 bridgehead atoms. The number of rotatable bonds is 4. The third-order valence-corrected chi connectivity index (χ3v) is 4.17. The Labute approximate surface area is 159 Å². The third kappa shape index (κ3) is 2.94. The summed E-state index contributed by atoms with van der Waals surface area (Å²) < 4.78 is 6.00. The minimum absolute atomic E-state index is 0.252. The summed E-state index contributed by atoms with van der Waals surface area (Å²) in [5.41, 5.74) is 6.74. The number of carbonyl (C=O) groups is 2. The van der Waals surface area contributed by atoms with Gasteiger partial charge in [-0.1, -0.05) is 12.1 Å². The van der Waals surface area contributed by atoms with Crippen LogP contribution in [-0.4, -0.2) is 28.8 Å². The van der Waals surface area contributed by atoms with E-state index in [1.807, 2.05) is 6.07 Å². The van der Waals surface area contributed by atoms with E-state index in [1.165, 1.54) is 13.2 Å². The molecular formula is C19H16N6O3. The Morgan fingerprint density at radius 3 is 2.64 bits per heavy atom. The summed E-state index contributed by atoms with van der Waals surface area (Å²) in [7, 11) is 1.52.